The van der Waals surface area contributed by atoms with Crippen LogP contribution in [0, 0.1) is 10.8 Å². The Hall–Kier alpha value is -0.370. The van der Waals surface area contributed by atoms with E-state index in [1.807, 2.05) is 0 Å². The summed E-state index contributed by atoms with van der Waals surface area (Å²) in [4.78, 5) is 11.2. The van der Waals surface area contributed by atoms with Crippen LogP contribution in [-0.4, -0.2) is 18.9 Å². The van der Waals surface area contributed by atoms with Crippen LogP contribution in [0.15, 0.2) is 0 Å². The third-order valence-electron chi connectivity index (χ3n) is 3.54. The topological polar surface area (TPSA) is 29.1 Å². The number of nitrogens with one attached hydrogen (secondary N) is 1. The second-order valence-electron chi connectivity index (χ2n) is 4.66. The summed E-state index contributed by atoms with van der Waals surface area (Å²) in [6.45, 7) is 6.54. The number of ketones is 1. The fourth-order valence-corrected chi connectivity index (χ4v) is 2.39. The van der Waals surface area contributed by atoms with Crippen LogP contribution in [0.3, 0.4) is 0 Å². The number of carbonyl (C=O) groups is 1. The van der Waals surface area contributed by atoms with E-state index >= 15 is 0 Å². The average molecular weight is 153 g/mol. The Morgan fingerprint density at radius 2 is 1.91 bits per heavy atom. The summed E-state index contributed by atoms with van der Waals surface area (Å²) >= 11 is 0. The van der Waals surface area contributed by atoms with Gasteiger partial charge in [-0.3, -0.25) is 4.79 Å². The van der Waals surface area contributed by atoms with Crippen LogP contribution in [0.4, 0.5) is 0 Å². The van der Waals surface area contributed by atoms with Crippen molar-refractivity contribution in [2.24, 2.45) is 10.8 Å². The second-order valence-corrected chi connectivity index (χ2v) is 4.66. The van der Waals surface area contributed by atoms with Crippen LogP contribution in [-0.2, 0) is 4.79 Å². The van der Waals surface area contributed by atoms with Crippen molar-refractivity contribution in [1.82, 2.24) is 5.32 Å². The first kappa shape index (κ1) is 7.29. The van der Waals surface area contributed by atoms with Crippen LogP contribution in [0.5, 0.6) is 0 Å². The van der Waals surface area contributed by atoms with Crippen molar-refractivity contribution in [2.75, 3.05) is 13.1 Å². The molecule has 2 nitrogen and oxygen atoms in total. The molecule has 1 saturated heterocycles. The van der Waals surface area contributed by atoms with Gasteiger partial charge in [-0.05, 0) is 5.41 Å². The van der Waals surface area contributed by atoms with Crippen LogP contribution in [0.1, 0.15) is 26.7 Å². The molecule has 1 aliphatic carbocycles. The quantitative estimate of drug-likeness (QED) is 0.561. The minimum absolute atomic E-state index is 0.245. The van der Waals surface area contributed by atoms with E-state index < -0.39 is 0 Å². The molecule has 62 valence electrons. The van der Waals surface area contributed by atoms with Gasteiger partial charge in [0, 0.05) is 31.3 Å². The van der Waals surface area contributed by atoms with Gasteiger partial charge >= 0.3 is 0 Å². The molecule has 0 aromatic rings. The summed E-state index contributed by atoms with van der Waals surface area (Å²) in [5.74, 6) is 0.455. The molecule has 1 aliphatic heterocycles. The molecule has 1 spiro atoms. The molecule has 2 aliphatic rings. The zero-order valence-electron chi connectivity index (χ0n) is 7.24. The molecule has 0 bridgehead atoms. The third-order valence-corrected chi connectivity index (χ3v) is 3.54. The highest BCUT2D eigenvalue weighted by Gasteiger charge is 2.55. The average Bonchev–Trinajstić information content (AvgIpc) is 1.98. The minimum atomic E-state index is 0.245. The van der Waals surface area contributed by atoms with Gasteiger partial charge in [0.05, 0.1) is 0 Å². The maximum atomic E-state index is 11.2. The van der Waals surface area contributed by atoms with Crippen LogP contribution in [0.25, 0.3) is 0 Å². The lowest BCUT2D eigenvalue weighted by Gasteiger charge is -2.48. The Morgan fingerprint density at radius 1 is 1.27 bits per heavy atom. The van der Waals surface area contributed by atoms with E-state index in [0.29, 0.717) is 11.2 Å². The molecule has 11 heavy (non-hydrogen) atoms. The lowest BCUT2D eigenvalue weighted by Crippen LogP contribution is -2.58. The van der Waals surface area contributed by atoms with Gasteiger partial charge in [-0.1, -0.05) is 13.8 Å². The molecule has 0 radical (unpaired) electrons. The number of carbonyl (C=O) groups excluding carboxylic acids is 1. The van der Waals surface area contributed by atoms with Gasteiger partial charge in [0.25, 0.3) is 0 Å². The van der Waals surface area contributed by atoms with E-state index in [1.165, 1.54) is 0 Å². The van der Waals surface area contributed by atoms with E-state index in [1.54, 1.807) is 0 Å². The number of Topliss-reactive ketones (excluding diaryl/α,β-unsaturated/α-hetero) is 1. The number of hydrogen-bond donors (Lipinski definition) is 1. The van der Waals surface area contributed by atoms with Crippen molar-refractivity contribution in [1.29, 1.82) is 0 Å². The van der Waals surface area contributed by atoms with Gasteiger partial charge in [0.2, 0.25) is 0 Å². The first-order valence-electron chi connectivity index (χ1n) is 4.28. The van der Waals surface area contributed by atoms with Crippen molar-refractivity contribution in [3.8, 4) is 0 Å². The summed E-state index contributed by atoms with van der Waals surface area (Å²) < 4.78 is 0. The molecular formula is C9H15NO. The maximum Gasteiger partial charge on any atom is 0.134 e. The van der Waals surface area contributed by atoms with Crippen molar-refractivity contribution in [2.45, 2.75) is 26.7 Å². The van der Waals surface area contributed by atoms with E-state index in [-0.39, 0.29) is 5.41 Å². The van der Waals surface area contributed by atoms with Gasteiger partial charge in [-0.25, -0.2) is 0 Å². The zero-order chi connectivity index (χ0) is 8.11. The number of hydrogen-bond acceptors (Lipinski definition) is 2. The van der Waals surface area contributed by atoms with Gasteiger partial charge in [-0.15, -0.1) is 0 Å². The lowest BCUT2D eigenvalue weighted by molar-refractivity contribution is -0.118. The van der Waals surface area contributed by atoms with E-state index in [9.17, 15) is 4.79 Å². The predicted molar refractivity (Wildman–Crippen MR) is 43.3 cm³/mol. The normalized spacial score (nSPS) is 32.4. The molecule has 1 N–H and O–H groups in total. The Morgan fingerprint density at radius 3 is 2.09 bits per heavy atom. The highest BCUT2D eigenvalue weighted by molar-refractivity contribution is 5.83. The summed E-state index contributed by atoms with van der Waals surface area (Å²) in [7, 11) is 0. The zero-order valence-corrected chi connectivity index (χ0v) is 7.24. The molecule has 1 saturated carbocycles. The molecular weight excluding hydrogens is 138 g/mol. The molecule has 0 atom stereocenters. The highest BCUT2D eigenvalue weighted by Crippen LogP contribution is 2.52. The molecule has 0 aromatic carbocycles. The van der Waals surface area contributed by atoms with Crippen molar-refractivity contribution < 1.29 is 4.79 Å². The summed E-state index contributed by atoms with van der Waals surface area (Å²) in [5.41, 5.74) is 0.569. The second kappa shape index (κ2) is 1.86. The molecule has 0 aromatic heterocycles. The monoisotopic (exact) mass is 153 g/mol. The van der Waals surface area contributed by atoms with Gasteiger partial charge in [0.1, 0.15) is 5.78 Å². The van der Waals surface area contributed by atoms with Crippen LogP contribution < -0.4 is 5.32 Å². The summed E-state index contributed by atoms with van der Waals surface area (Å²) in [6.07, 6.45) is 1.60. The fraction of sp³-hybridized carbons (Fsp3) is 0.889. The Kier molecular flexibility index (Phi) is 1.23. The Labute approximate surface area is 67.4 Å². The first-order valence-corrected chi connectivity index (χ1v) is 4.28. The van der Waals surface area contributed by atoms with Crippen LogP contribution >= 0.6 is 0 Å². The van der Waals surface area contributed by atoms with Crippen molar-refractivity contribution in [3.63, 3.8) is 0 Å². The molecule has 2 heteroatoms. The van der Waals surface area contributed by atoms with Crippen molar-refractivity contribution in [3.05, 3.63) is 0 Å². The van der Waals surface area contributed by atoms with Gasteiger partial charge in [-0.2, -0.15) is 0 Å². The first-order chi connectivity index (χ1) is 5.06. The highest BCUT2D eigenvalue weighted by atomic mass is 16.1. The smallest absolute Gasteiger partial charge is 0.134 e. The van der Waals surface area contributed by atoms with E-state index in [0.717, 1.165) is 25.9 Å². The van der Waals surface area contributed by atoms with Gasteiger partial charge < -0.3 is 5.32 Å². The lowest BCUT2D eigenvalue weighted by atomic mass is 9.64. The Balaban J connectivity index is 2.27. The van der Waals surface area contributed by atoms with E-state index in [4.69, 9.17) is 0 Å². The number of rotatable bonds is 0. The minimum Gasteiger partial charge on any atom is -0.315 e. The third kappa shape index (κ3) is 0.791. The van der Waals surface area contributed by atoms with Crippen molar-refractivity contribution >= 4 is 5.78 Å². The Bertz CT molecular complexity index is 204. The fourth-order valence-electron chi connectivity index (χ4n) is 2.39. The predicted octanol–water partition coefficient (Wildman–Crippen LogP) is 0.965. The SMILES string of the molecule is CC1(C)CC(=O)CC12CNC2. The maximum absolute atomic E-state index is 11.2. The van der Waals surface area contributed by atoms with Gasteiger partial charge in [0.15, 0.2) is 0 Å². The molecule has 2 fully saturated rings. The summed E-state index contributed by atoms with van der Waals surface area (Å²) in [5, 5.41) is 3.27. The van der Waals surface area contributed by atoms with Crippen LogP contribution in [0.2, 0.25) is 0 Å². The summed E-state index contributed by atoms with van der Waals surface area (Å²) in [6, 6.07) is 0. The van der Waals surface area contributed by atoms with E-state index in [2.05, 4.69) is 19.2 Å². The molecule has 0 amide bonds. The molecule has 0 unspecified atom stereocenters. The largest absolute Gasteiger partial charge is 0.315 e. The standard InChI is InChI=1S/C9H15NO/c1-8(2)3-7(11)4-9(8)5-10-6-9/h10H,3-6H2,1-2H3. The molecule has 2 rings (SSSR count). The molecule has 1 heterocycles.